The Balaban J connectivity index is 2.26. The van der Waals surface area contributed by atoms with Crippen molar-refractivity contribution in [3.05, 3.63) is 65.9 Å². The first-order chi connectivity index (χ1) is 13.0. The summed E-state index contributed by atoms with van der Waals surface area (Å²) in [5.41, 5.74) is 0.425. The summed E-state index contributed by atoms with van der Waals surface area (Å²) < 4.78 is 64.7. The van der Waals surface area contributed by atoms with Gasteiger partial charge in [-0.1, -0.05) is 50.2 Å². The van der Waals surface area contributed by atoms with E-state index >= 15 is 0 Å². The smallest absolute Gasteiger partial charge is 0.231 e. The highest BCUT2D eigenvalue weighted by atomic mass is 32.2. The van der Waals surface area contributed by atoms with Crippen LogP contribution in [0.2, 0.25) is 0 Å². The Morgan fingerprint density at radius 2 is 1.64 bits per heavy atom. The lowest BCUT2D eigenvalue weighted by Gasteiger charge is -2.12. The highest BCUT2D eigenvalue weighted by Crippen LogP contribution is 2.34. The van der Waals surface area contributed by atoms with E-state index in [4.69, 9.17) is 5.14 Å². The molecule has 1 aromatic heterocycles. The Labute approximate surface area is 160 Å². The molecule has 148 valence electrons. The van der Waals surface area contributed by atoms with Gasteiger partial charge in [-0.2, -0.15) is 18.3 Å². The van der Waals surface area contributed by atoms with E-state index in [1.54, 1.807) is 12.1 Å². The highest BCUT2D eigenvalue weighted by Gasteiger charge is 2.35. The van der Waals surface area contributed by atoms with Crippen molar-refractivity contribution < 1.29 is 21.6 Å². The van der Waals surface area contributed by atoms with Crippen LogP contribution in [0.3, 0.4) is 0 Å². The molecule has 0 atom stereocenters. The summed E-state index contributed by atoms with van der Waals surface area (Å²) in [6.45, 7) is 4.01. The van der Waals surface area contributed by atoms with E-state index in [0.29, 0.717) is 5.56 Å². The number of aromatic nitrogens is 2. The van der Waals surface area contributed by atoms with Crippen molar-refractivity contribution in [3.8, 4) is 16.9 Å². The molecular weight excluding hydrogens is 391 g/mol. The third-order valence-corrected chi connectivity index (χ3v) is 5.23. The Bertz CT molecular complexity index is 1100. The predicted molar refractivity (Wildman–Crippen MR) is 99.5 cm³/mol. The molecule has 3 aromatic rings. The SMILES string of the molecule is CC(C)c1ccc(-c2cc(C(F)(F)F)nn2-c2ccccc2S(N)(=O)=O)cc1. The van der Waals surface area contributed by atoms with Crippen LogP contribution in [0, 0.1) is 0 Å². The van der Waals surface area contributed by atoms with Gasteiger partial charge >= 0.3 is 6.18 Å². The molecule has 2 aromatic carbocycles. The molecule has 9 heteroatoms. The number of primary sulfonamides is 1. The molecule has 0 aliphatic rings. The number of nitrogens with zero attached hydrogens (tertiary/aromatic N) is 2. The average Bonchev–Trinajstić information content (AvgIpc) is 3.06. The molecule has 0 saturated carbocycles. The van der Waals surface area contributed by atoms with Gasteiger partial charge in [0, 0.05) is 5.56 Å². The van der Waals surface area contributed by atoms with Crippen molar-refractivity contribution >= 4 is 10.0 Å². The van der Waals surface area contributed by atoms with Crippen LogP contribution in [-0.2, 0) is 16.2 Å². The van der Waals surface area contributed by atoms with Gasteiger partial charge in [-0.15, -0.1) is 0 Å². The Morgan fingerprint density at radius 3 is 2.18 bits per heavy atom. The number of sulfonamides is 1. The van der Waals surface area contributed by atoms with E-state index < -0.39 is 21.9 Å². The Hall–Kier alpha value is -2.65. The molecule has 2 N–H and O–H groups in total. The van der Waals surface area contributed by atoms with Crippen molar-refractivity contribution in [2.24, 2.45) is 5.14 Å². The fourth-order valence-corrected chi connectivity index (χ4v) is 3.53. The molecule has 1 heterocycles. The van der Waals surface area contributed by atoms with E-state index in [1.165, 1.54) is 24.3 Å². The topological polar surface area (TPSA) is 78.0 Å². The van der Waals surface area contributed by atoms with E-state index in [-0.39, 0.29) is 22.2 Å². The van der Waals surface area contributed by atoms with E-state index in [1.807, 2.05) is 26.0 Å². The fraction of sp³-hybridized carbons (Fsp3) is 0.211. The third-order valence-electron chi connectivity index (χ3n) is 4.27. The molecule has 0 radical (unpaired) electrons. The summed E-state index contributed by atoms with van der Waals surface area (Å²) in [4.78, 5) is -0.313. The van der Waals surface area contributed by atoms with Gasteiger partial charge in [0.25, 0.3) is 0 Å². The van der Waals surface area contributed by atoms with Crippen LogP contribution in [0.25, 0.3) is 16.9 Å². The summed E-state index contributed by atoms with van der Waals surface area (Å²) in [5, 5.41) is 8.87. The number of nitrogens with two attached hydrogens (primary N) is 1. The first-order valence-electron chi connectivity index (χ1n) is 8.38. The molecule has 5 nitrogen and oxygen atoms in total. The number of benzene rings is 2. The average molecular weight is 409 g/mol. The maximum Gasteiger partial charge on any atom is 0.435 e. The summed E-state index contributed by atoms with van der Waals surface area (Å²) >= 11 is 0. The van der Waals surface area contributed by atoms with Gasteiger partial charge in [0.2, 0.25) is 10.0 Å². The van der Waals surface area contributed by atoms with Gasteiger partial charge in [0.15, 0.2) is 5.69 Å². The molecule has 0 saturated heterocycles. The maximum atomic E-state index is 13.3. The fourth-order valence-electron chi connectivity index (χ4n) is 2.82. The van der Waals surface area contributed by atoms with E-state index in [9.17, 15) is 21.6 Å². The van der Waals surface area contributed by atoms with Crippen LogP contribution in [0.1, 0.15) is 31.0 Å². The van der Waals surface area contributed by atoms with Crippen LogP contribution in [0.15, 0.2) is 59.5 Å². The zero-order valence-corrected chi connectivity index (χ0v) is 15.9. The Kier molecular flexibility index (Phi) is 5.07. The molecular formula is C19H18F3N3O2S. The van der Waals surface area contributed by atoms with Crippen LogP contribution < -0.4 is 5.14 Å². The summed E-state index contributed by atoms with van der Waals surface area (Å²) in [7, 11) is -4.17. The molecule has 0 spiro atoms. The lowest BCUT2D eigenvalue weighted by atomic mass is 10.0. The zero-order chi connectivity index (χ0) is 20.7. The highest BCUT2D eigenvalue weighted by molar-refractivity contribution is 7.89. The number of alkyl halides is 3. The van der Waals surface area contributed by atoms with Gasteiger partial charge in [0.1, 0.15) is 4.90 Å². The minimum absolute atomic E-state index is 0.0524. The molecule has 0 aliphatic carbocycles. The van der Waals surface area contributed by atoms with E-state index in [2.05, 4.69) is 5.10 Å². The van der Waals surface area contributed by atoms with Gasteiger partial charge < -0.3 is 0 Å². The number of para-hydroxylation sites is 1. The van der Waals surface area contributed by atoms with Gasteiger partial charge in [-0.3, -0.25) is 0 Å². The molecule has 28 heavy (non-hydrogen) atoms. The number of rotatable bonds is 4. The summed E-state index contributed by atoms with van der Waals surface area (Å²) in [6.07, 6.45) is -4.69. The van der Waals surface area contributed by atoms with Gasteiger partial charge in [-0.25, -0.2) is 18.2 Å². The van der Waals surface area contributed by atoms with Crippen molar-refractivity contribution in [1.82, 2.24) is 9.78 Å². The number of hydrogen-bond acceptors (Lipinski definition) is 3. The number of hydrogen-bond donors (Lipinski definition) is 1. The largest absolute Gasteiger partial charge is 0.435 e. The second kappa shape index (κ2) is 7.06. The lowest BCUT2D eigenvalue weighted by molar-refractivity contribution is -0.141. The lowest BCUT2D eigenvalue weighted by Crippen LogP contribution is -2.16. The maximum absolute atomic E-state index is 13.3. The molecule has 0 fully saturated rings. The molecule has 3 rings (SSSR count). The standard InChI is InChI=1S/C19H18F3N3O2S/c1-12(2)13-7-9-14(10-8-13)16-11-18(19(20,21)22)24-25(16)15-5-3-4-6-17(15)28(23,26)27/h3-12H,1-2H3,(H2,23,26,27). The summed E-state index contributed by atoms with van der Waals surface area (Å²) in [5.74, 6) is 0.257. The molecule has 0 aliphatic heterocycles. The van der Waals surface area contributed by atoms with Crippen molar-refractivity contribution in [2.45, 2.75) is 30.8 Å². The van der Waals surface area contributed by atoms with Crippen molar-refractivity contribution in [1.29, 1.82) is 0 Å². The van der Waals surface area contributed by atoms with Gasteiger partial charge in [-0.05, 0) is 29.7 Å². The monoisotopic (exact) mass is 409 g/mol. The minimum Gasteiger partial charge on any atom is -0.231 e. The molecule has 0 amide bonds. The van der Waals surface area contributed by atoms with Gasteiger partial charge in [0.05, 0.1) is 11.4 Å². The van der Waals surface area contributed by atoms with Crippen LogP contribution in [-0.4, -0.2) is 18.2 Å². The number of halogens is 3. The predicted octanol–water partition coefficient (Wildman–Crippen LogP) is 4.33. The third kappa shape index (κ3) is 3.95. The van der Waals surface area contributed by atoms with Crippen LogP contribution in [0.5, 0.6) is 0 Å². The minimum atomic E-state index is -4.69. The van der Waals surface area contributed by atoms with Crippen molar-refractivity contribution in [2.75, 3.05) is 0 Å². The Morgan fingerprint density at radius 1 is 1.04 bits per heavy atom. The second-order valence-electron chi connectivity index (χ2n) is 6.61. The second-order valence-corrected chi connectivity index (χ2v) is 8.14. The molecule has 0 bridgehead atoms. The first-order valence-corrected chi connectivity index (χ1v) is 9.93. The van der Waals surface area contributed by atoms with Crippen LogP contribution in [0.4, 0.5) is 13.2 Å². The quantitative estimate of drug-likeness (QED) is 0.697. The van der Waals surface area contributed by atoms with Crippen LogP contribution >= 0.6 is 0 Å². The summed E-state index contributed by atoms with van der Waals surface area (Å²) in [6, 6.07) is 13.4. The first kappa shape index (κ1) is 20.1. The van der Waals surface area contributed by atoms with Crippen molar-refractivity contribution in [3.63, 3.8) is 0 Å². The normalized spacial score (nSPS) is 12.5. The van der Waals surface area contributed by atoms with E-state index in [0.717, 1.165) is 16.3 Å². The zero-order valence-electron chi connectivity index (χ0n) is 15.1. The molecule has 0 unspecified atom stereocenters.